The molecule has 146 valence electrons. The summed E-state index contributed by atoms with van der Waals surface area (Å²) >= 11 is 1.52. The number of methoxy groups -OCH3 is 1. The number of carbonyl (C=O) groups is 1. The van der Waals surface area contributed by atoms with E-state index in [1.54, 1.807) is 10.5 Å². The quantitative estimate of drug-likeness (QED) is 0.447. The molecule has 2 aromatic carbocycles. The van der Waals surface area contributed by atoms with Crippen LogP contribution in [0.25, 0.3) is 15.6 Å². The van der Waals surface area contributed by atoms with Crippen LogP contribution in [0, 0.1) is 6.92 Å². The average Bonchev–Trinajstić information content (AvgIpc) is 3.49. The first-order chi connectivity index (χ1) is 14.1. The zero-order valence-electron chi connectivity index (χ0n) is 16.4. The summed E-state index contributed by atoms with van der Waals surface area (Å²) in [6, 6.07) is 16.4. The van der Waals surface area contributed by atoms with Gasteiger partial charge in [-0.1, -0.05) is 42.5 Å². The number of carbonyl (C=O) groups excluding carboxylic acids is 1. The van der Waals surface area contributed by atoms with E-state index in [-0.39, 0.29) is 5.56 Å². The summed E-state index contributed by atoms with van der Waals surface area (Å²) in [6.07, 6.45) is 2.96. The van der Waals surface area contributed by atoms with Gasteiger partial charge in [0, 0.05) is 10.9 Å². The number of rotatable bonds is 4. The molecule has 0 aliphatic heterocycles. The van der Waals surface area contributed by atoms with E-state index in [2.05, 4.69) is 36.4 Å². The van der Waals surface area contributed by atoms with Crippen LogP contribution < -0.4 is 5.56 Å². The Bertz CT molecular complexity index is 1320. The highest BCUT2D eigenvalue weighted by Crippen LogP contribution is 2.45. The van der Waals surface area contributed by atoms with E-state index in [4.69, 9.17) is 4.74 Å². The number of esters is 1. The number of pyridine rings is 1. The van der Waals surface area contributed by atoms with Crippen LogP contribution in [0.15, 0.2) is 53.3 Å². The van der Waals surface area contributed by atoms with Gasteiger partial charge in [-0.2, -0.15) is 0 Å². The van der Waals surface area contributed by atoms with Crippen molar-refractivity contribution in [3.63, 3.8) is 0 Å². The van der Waals surface area contributed by atoms with Gasteiger partial charge in [-0.25, -0.2) is 4.79 Å². The number of fused-ring (bicyclic) bond motifs is 2. The number of aromatic nitrogens is 1. The number of hydrogen-bond donors (Lipinski definition) is 0. The summed E-state index contributed by atoms with van der Waals surface area (Å²) in [5, 5.41) is 2.42. The number of nitrogens with zero attached hydrogens (tertiary/aromatic N) is 1. The van der Waals surface area contributed by atoms with E-state index < -0.39 is 5.97 Å². The van der Waals surface area contributed by atoms with Gasteiger partial charge in [-0.15, -0.1) is 11.3 Å². The molecule has 0 radical (unpaired) electrons. The topological polar surface area (TPSA) is 47.8 Å². The van der Waals surface area contributed by atoms with Crippen LogP contribution in [0.5, 0.6) is 0 Å². The molecule has 29 heavy (non-hydrogen) atoms. The van der Waals surface area contributed by atoms with Crippen molar-refractivity contribution in [3.8, 4) is 0 Å². The van der Waals surface area contributed by atoms with Crippen molar-refractivity contribution >= 4 is 32.9 Å². The fraction of sp³-hybridized carbons (Fsp3) is 0.250. The van der Waals surface area contributed by atoms with Crippen molar-refractivity contribution in [2.45, 2.75) is 32.1 Å². The molecule has 5 rings (SSSR count). The standard InChI is InChI=1S/C24H21NO3S/c1-14-22(24(27)28-2)25-20(26)13-18(21(16-10-11-16)23(25)29-14)12-17-8-5-7-15-6-3-4-9-19(15)17/h3-9,13,16H,10-12H2,1-2H3. The number of thiazole rings is 1. The van der Waals surface area contributed by atoms with Crippen molar-refractivity contribution in [1.82, 2.24) is 4.40 Å². The lowest BCUT2D eigenvalue weighted by Crippen LogP contribution is -2.20. The van der Waals surface area contributed by atoms with Gasteiger partial charge in [0.2, 0.25) is 0 Å². The lowest BCUT2D eigenvalue weighted by molar-refractivity contribution is 0.0592. The monoisotopic (exact) mass is 403 g/mol. The molecule has 4 aromatic rings. The van der Waals surface area contributed by atoms with Gasteiger partial charge in [0.05, 0.1) is 7.11 Å². The first-order valence-electron chi connectivity index (χ1n) is 9.81. The third-order valence-corrected chi connectivity index (χ3v) is 6.82. The molecule has 1 saturated carbocycles. The van der Waals surface area contributed by atoms with Crippen molar-refractivity contribution in [3.05, 3.63) is 86.1 Å². The van der Waals surface area contributed by atoms with E-state index in [0.717, 1.165) is 28.1 Å². The number of benzene rings is 2. The van der Waals surface area contributed by atoms with Gasteiger partial charge < -0.3 is 4.74 Å². The highest BCUT2D eigenvalue weighted by Gasteiger charge is 2.31. The molecule has 0 unspecified atom stereocenters. The van der Waals surface area contributed by atoms with Crippen molar-refractivity contribution < 1.29 is 9.53 Å². The second kappa shape index (κ2) is 6.85. The highest BCUT2D eigenvalue weighted by molar-refractivity contribution is 7.17. The third-order valence-electron chi connectivity index (χ3n) is 5.73. The van der Waals surface area contributed by atoms with Gasteiger partial charge >= 0.3 is 5.97 Å². The third kappa shape index (κ3) is 2.97. The summed E-state index contributed by atoms with van der Waals surface area (Å²) in [4.78, 5) is 27.1. The summed E-state index contributed by atoms with van der Waals surface area (Å²) in [7, 11) is 1.35. The Morgan fingerprint density at radius 2 is 1.90 bits per heavy atom. The van der Waals surface area contributed by atoms with Crippen LogP contribution in [0.3, 0.4) is 0 Å². The molecule has 5 heteroatoms. The van der Waals surface area contributed by atoms with Crippen molar-refractivity contribution in [2.24, 2.45) is 0 Å². The fourth-order valence-corrected chi connectivity index (χ4v) is 5.49. The molecule has 4 nitrogen and oxygen atoms in total. The lowest BCUT2D eigenvalue weighted by Gasteiger charge is -2.13. The Labute approximate surface area is 172 Å². The molecule has 0 spiro atoms. The molecular weight excluding hydrogens is 382 g/mol. The Balaban J connectivity index is 1.74. The molecule has 0 bridgehead atoms. The molecule has 0 amide bonds. The van der Waals surface area contributed by atoms with E-state index in [0.29, 0.717) is 18.0 Å². The highest BCUT2D eigenvalue weighted by atomic mass is 32.1. The smallest absolute Gasteiger partial charge is 0.356 e. The normalized spacial score (nSPS) is 13.9. The minimum Gasteiger partial charge on any atom is -0.464 e. The van der Waals surface area contributed by atoms with Gasteiger partial charge in [0.15, 0.2) is 0 Å². The van der Waals surface area contributed by atoms with E-state index >= 15 is 0 Å². The summed E-state index contributed by atoms with van der Waals surface area (Å²) < 4.78 is 6.50. The predicted octanol–water partition coefficient (Wildman–Crippen LogP) is 5.08. The number of aryl methyl sites for hydroxylation is 1. The average molecular weight is 404 g/mol. The molecule has 1 aliphatic carbocycles. The number of hydrogen-bond acceptors (Lipinski definition) is 4. The van der Waals surface area contributed by atoms with E-state index in [1.165, 1.54) is 40.3 Å². The fourth-order valence-electron chi connectivity index (χ4n) is 4.25. The molecule has 2 heterocycles. The maximum atomic E-state index is 13.1. The molecule has 0 saturated heterocycles. The Hall–Kier alpha value is -2.92. The molecule has 1 aliphatic rings. The summed E-state index contributed by atoms with van der Waals surface area (Å²) in [5.41, 5.74) is 3.71. The van der Waals surface area contributed by atoms with Crippen LogP contribution in [0.2, 0.25) is 0 Å². The Morgan fingerprint density at radius 1 is 1.14 bits per heavy atom. The minimum absolute atomic E-state index is 0.163. The zero-order valence-corrected chi connectivity index (χ0v) is 17.2. The molecular formula is C24H21NO3S. The van der Waals surface area contributed by atoms with Crippen LogP contribution in [-0.2, 0) is 11.2 Å². The Kier molecular flexibility index (Phi) is 4.28. The zero-order chi connectivity index (χ0) is 20.1. The van der Waals surface area contributed by atoms with Gasteiger partial charge in [-0.05, 0) is 59.6 Å². The van der Waals surface area contributed by atoms with E-state index in [9.17, 15) is 9.59 Å². The van der Waals surface area contributed by atoms with Gasteiger partial charge in [-0.3, -0.25) is 9.20 Å². The summed E-state index contributed by atoms with van der Waals surface area (Å²) in [5.74, 6) is -0.00137. The summed E-state index contributed by atoms with van der Waals surface area (Å²) in [6.45, 7) is 1.88. The maximum Gasteiger partial charge on any atom is 0.356 e. The van der Waals surface area contributed by atoms with Crippen LogP contribution in [-0.4, -0.2) is 17.5 Å². The van der Waals surface area contributed by atoms with Crippen molar-refractivity contribution in [1.29, 1.82) is 0 Å². The van der Waals surface area contributed by atoms with E-state index in [1.807, 2.05) is 13.0 Å². The second-order valence-electron chi connectivity index (χ2n) is 7.65. The van der Waals surface area contributed by atoms with Crippen LogP contribution in [0.1, 0.15) is 50.8 Å². The lowest BCUT2D eigenvalue weighted by atomic mass is 9.95. The molecule has 0 N–H and O–H groups in total. The van der Waals surface area contributed by atoms with Gasteiger partial charge in [0.1, 0.15) is 10.5 Å². The second-order valence-corrected chi connectivity index (χ2v) is 8.85. The first kappa shape index (κ1) is 18.1. The SMILES string of the molecule is COC(=O)c1c(C)sc2c(C3CC3)c(Cc3cccc4ccccc34)cc(=O)n12. The number of ether oxygens (including phenoxy) is 1. The van der Waals surface area contributed by atoms with Crippen LogP contribution >= 0.6 is 11.3 Å². The van der Waals surface area contributed by atoms with Crippen LogP contribution in [0.4, 0.5) is 0 Å². The maximum absolute atomic E-state index is 13.1. The van der Waals surface area contributed by atoms with Crippen molar-refractivity contribution in [2.75, 3.05) is 7.11 Å². The molecule has 0 atom stereocenters. The van der Waals surface area contributed by atoms with Gasteiger partial charge in [0.25, 0.3) is 5.56 Å². The first-order valence-corrected chi connectivity index (χ1v) is 10.6. The Morgan fingerprint density at radius 3 is 2.66 bits per heavy atom. The molecule has 2 aromatic heterocycles. The predicted molar refractivity (Wildman–Crippen MR) is 116 cm³/mol. The largest absolute Gasteiger partial charge is 0.464 e. The minimum atomic E-state index is -0.459. The molecule has 1 fully saturated rings.